The minimum absolute atomic E-state index is 0.739. The van der Waals surface area contributed by atoms with Crippen molar-refractivity contribution in [1.29, 1.82) is 5.26 Å². The highest BCUT2D eigenvalue weighted by Crippen LogP contribution is 2.09. The lowest BCUT2D eigenvalue weighted by molar-refractivity contribution is 0.584. The highest BCUT2D eigenvalue weighted by molar-refractivity contribution is 4.81. The molecule has 0 aromatic carbocycles. The van der Waals surface area contributed by atoms with Crippen molar-refractivity contribution in [1.82, 2.24) is 0 Å². The molecule has 0 bridgehead atoms. The van der Waals surface area contributed by atoms with Crippen LogP contribution in [0.1, 0.15) is 84.0 Å². The molecule has 1 nitrogen and oxygen atoms in total. The number of rotatable bonds is 12. The van der Waals surface area contributed by atoms with Crippen molar-refractivity contribution in [2.24, 2.45) is 0 Å². The third-order valence-corrected chi connectivity index (χ3v) is 3.05. The summed E-state index contributed by atoms with van der Waals surface area (Å²) in [6.45, 7) is 2.24. The van der Waals surface area contributed by atoms with Crippen molar-refractivity contribution in [3.8, 4) is 6.07 Å². The SMILES string of the molecule is CCCC/C=C\CCCCCCCCCC#N. The topological polar surface area (TPSA) is 23.8 Å². The minimum Gasteiger partial charge on any atom is -0.198 e. The lowest BCUT2D eigenvalue weighted by atomic mass is 10.1. The molecule has 0 atom stereocenters. The first-order valence-corrected chi connectivity index (χ1v) is 7.43. The molecule has 0 unspecified atom stereocenters. The van der Waals surface area contributed by atoms with Crippen LogP contribution < -0.4 is 0 Å². The van der Waals surface area contributed by atoms with Crippen LogP contribution in [0, 0.1) is 11.3 Å². The van der Waals surface area contributed by atoms with Crippen LogP contribution >= 0.6 is 0 Å². The van der Waals surface area contributed by atoms with Crippen molar-refractivity contribution in [2.75, 3.05) is 0 Å². The van der Waals surface area contributed by atoms with E-state index in [4.69, 9.17) is 5.26 Å². The van der Waals surface area contributed by atoms with E-state index in [2.05, 4.69) is 25.1 Å². The number of nitrogens with zero attached hydrogens (tertiary/aromatic N) is 1. The zero-order valence-electron chi connectivity index (χ0n) is 11.6. The van der Waals surface area contributed by atoms with E-state index in [1.54, 1.807) is 0 Å². The molecule has 0 aromatic heterocycles. The molecule has 0 spiro atoms. The monoisotopic (exact) mass is 235 g/mol. The average Bonchev–Trinajstić information content (AvgIpc) is 2.35. The van der Waals surface area contributed by atoms with Gasteiger partial charge in [-0.1, -0.05) is 64.0 Å². The Morgan fingerprint density at radius 3 is 1.88 bits per heavy atom. The molecular formula is C16H29N. The average molecular weight is 235 g/mol. The summed E-state index contributed by atoms with van der Waals surface area (Å²) in [7, 11) is 0. The van der Waals surface area contributed by atoms with Crippen molar-refractivity contribution in [3.05, 3.63) is 12.2 Å². The maximum absolute atomic E-state index is 8.39. The molecule has 0 amide bonds. The van der Waals surface area contributed by atoms with E-state index in [9.17, 15) is 0 Å². The Labute approximate surface area is 108 Å². The molecule has 0 aliphatic heterocycles. The Morgan fingerprint density at radius 1 is 0.765 bits per heavy atom. The van der Waals surface area contributed by atoms with Crippen molar-refractivity contribution < 1.29 is 0 Å². The molecule has 17 heavy (non-hydrogen) atoms. The number of unbranched alkanes of at least 4 members (excludes halogenated alkanes) is 10. The van der Waals surface area contributed by atoms with E-state index in [1.165, 1.54) is 64.2 Å². The maximum atomic E-state index is 8.39. The van der Waals surface area contributed by atoms with E-state index >= 15 is 0 Å². The fourth-order valence-corrected chi connectivity index (χ4v) is 1.91. The Kier molecular flexibility index (Phi) is 14.5. The molecule has 0 fully saturated rings. The zero-order chi connectivity index (χ0) is 12.6. The van der Waals surface area contributed by atoms with Crippen LogP contribution in [0.15, 0.2) is 12.2 Å². The summed E-state index contributed by atoms with van der Waals surface area (Å²) in [5, 5.41) is 8.39. The van der Waals surface area contributed by atoms with Gasteiger partial charge in [0.2, 0.25) is 0 Å². The Hall–Kier alpha value is -0.770. The van der Waals surface area contributed by atoms with Gasteiger partial charge in [-0.05, 0) is 25.7 Å². The second-order valence-electron chi connectivity index (χ2n) is 4.79. The van der Waals surface area contributed by atoms with Crippen molar-refractivity contribution in [3.63, 3.8) is 0 Å². The van der Waals surface area contributed by atoms with Gasteiger partial charge in [-0.3, -0.25) is 0 Å². The second-order valence-corrected chi connectivity index (χ2v) is 4.79. The van der Waals surface area contributed by atoms with Crippen molar-refractivity contribution in [2.45, 2.75) is 84.0 Å². The first kappa shape index (κ1) is 16.2. The molecule has 0 aromatic rings. The van der Waals surface area contributed by atoms with Gasteiger partial charge in [0.25, 0.3) is 0 Å². The summed E-state index contributed by atoms with van der Waals surface area (Å²) in [6, 6.07) is 2.20. The van der Waals surface area contributed by atoms with Crippen LogP contribution in [0.25, 0.3) is 0 Å². The summed E-state index contributed by atoms with van der Waals surface area (Å²) < 4.78 is 0. The number of hydrogen-bond donors (Lipinski definition) is 0. The smallest absolute Gasteiger partial charge is 0.0621 e. The largest absolute Gasteiger partial charge is 0.198 e. The van der Waals surface area contributed by atoms with Crippen LogP contribution in [0.5, 0.6) is 0 Å². The standard InChI is InChI=1S/C16H29N/c1-2-3-4-5-6-7-8-9-10-11-12-13-14-15-16-17/h5-6H,2-4,7-15H2,1H3/b6-5-. The summed E-state index contributed by atoms with van der Waals surface area (Å²) in [6.07, 6.45) is 19.7. The molecule has 0 radical (unpaired) electrons. The molecule has 0 aliphatic rings. The van der Waals surface area contributed by atoms with Gasteiger partial charge in [-0.15, -0.1) is 0 Å². The molecule has 0 saturated carbocycles. The number of allylic oxidation sites excluding steroid dienone is 2. The fourth-order valence-electron chi connectivity index (χ4n) is 1.91. The van der Waals surface area contributed by atoms with E-state index in [1.807, 2.05) is 0 Å². The third kappa shape index (κ3) is 15.2. The van der Waals surface area contributed by atoms with Crippen LogP contribution in [-0.4, -0.2) is 0 Å². The molecule has 98 valence electrons. The predicted octanol–water partition coefficient (Wildman–Crippen LogP) is 5.77. The Bertz CT molecular complexity index is 200. The first-order chi connectivity index (χ1) is 8.41. The van der Waals surface area contributed by atoms with E-state index in [-0.39, 0.29) is 0 Å². The van der Waals surface area contributed by atoms with Crippen LogP contribution in [-0.2, 0) is 0 Å². The van der Waals surface area contributed by atoms with Gasteiger partial charge in [-0.25, -0.2) is 0 Å². The molecule has 1 heteroatoms. The van der Waals surface area contributed by atoms with Crippen LogP contribution in [0.4, 0.5) is 0 Å². The van der Waals surface area contributed by atoms with Gasteiger partial charge in [0.15, 0.2) is 0 Å². The third-order valence-electron chi connectivity index (χ3n) is 3.05. The fraction of sp³-hybridized carbons (Fsp3) is 0.812. The van der Waals surface area contributed by atoms with Gasteiger partial charge in [-0.2, -0.15) is 5.26 Å². The predicted molar refractivity (Wildman–Crippen MR) is 75.8 cm³/mol. The molecule has 0 aliphatic carbocycles. The van der Waals surface area contributed by atoms with Gasteiger partial charge in [0.05, 0.1) is 6.07 Å². The minimum atomic E-state index is 0.739. The van der Waals surface area contributed by atoms with Gasteiger partial charge in [0, 0.05) is 6.42 Å². The molecule has 0 saturated heterocycles. The first-order valence-electron chi connectivity index (χ1n) is 7.43. The molecular weight excluding hydrogens is 206 g/mol. The molecule has 0 rings (SSSR count). The highest BCUT2D eigenvalue weighted by Gasteiger charge is 1.91. The van der Waals surface area contributed by atoms with Gasteiger partial charge >= 0.3 is 0 Å². The molecule has 0 N–H and O–H groups in total. The number of nitriles is 1. The Morgan fingerprint density at radius 2 is 1.29 bits per heavy atom. The van der Waals surface area contributed by atoms with Crippen molar-refractivity contribution >= 4 is 0 Å². The summed E-state index contributed by atoms with van der Waals surface area (Å²) in [4.78, 5) is 0. The quantitative estimate of drug-likeness (QED) is 0.311. The van der Waals surface area contributed by atoms with Crippen LogP contribution in [0.3, 0.4) is 0 Å². The van der Waals surface area contributed by atoms with Gasteiger partial charge < -0.3 is 0 Å². The molecule has 0 heterocycles. The van der Waals surface area contributed by atoms with Gasteiger partial charge in [0.1, 0.15) is 0 Å². The maximum Gasteiger partial charge on any atom is 0.0621 e. The highest BCUT2D eigenvalue weighted by atomic mass is 14.2. The van der Waals surface area contributed by atoms with Crippen LogP contribution in [0.2, 0.25) is 0 Å². The lowest BCUT2D eigenvalue weighted by Gasteiger charge is -1.99. The summed E-state index contributed by atoms with van der Waals surface area (Å²) in [5.41, 5.74) is 0. The van der Waals surface area contributed by atoms with E-state index in [0.29, 0.717) is 0 Å². The summed E-state index contributed by atoms with van der Waals surface area (Å²) >= 11 is 0. The number of hydrogen-bond acceptors (Lipinski definition) is 1. The van der Waals surface area contributed by atoms with E-state index < -0.39 is 0 Å². The van der Waals surface area contributed by atoms with E-state index in [0.717, 1.165) is 12.8 Å². The lowest BCUT2D eigenvalue weighted by Crippen LogP contribution is -1.80. The summed E-state index contributed by atoms with van der Waals surface area (Å²) in [5.74, 6) is 0. The Balaban J connectivity index is 2.98. The zero-order valence-corrected chi connectivity index (χ0v) is 11.6. The second kappa shape index (κ2) is 15.2. The normalized spacial score (nSPS) is 10.8.